The summed E-state index contributed by atoms with van der Waals surface area (Å²) in [4.78, 5) is 11.0. The molecule has 5 rings (SSSR count). The molecule has 0 fully saturated rings. The van der Waals surface area contributed by atoms with Crippen molar-refractivity contribution in [3.05, 3.63) is 71.4 Å². The predicted molar refractivity (Wildman–Crippen MR) is 215 cm³/mol. The molecule has 1 aromatic heterocycles. The minimum Gasteiger partial charge on any atom is -0.747 e. The number of sulfone groups is 1. The maximum atomic E-state index is 12.8. The van der Waals surface area contributed by atoms with Gasteiger partial charge in [0.1, 0.15) is 59.0 Å². The largest absolute Gasteiger partial charge is 1.00 e. The third kappa shape index (κ3) is 20.7. The third-order valence-corrected chi connectivity index (χ3v) is 12.7. The van der Waals surface area contributed by atoms with Crippen LogP contribution in [0.1, 0.15) is 0 Å². The van der Waals surface area contributed by atoms with Gasteiger partial charge in [0.25, 0.3) is 5.95 Å². The van der Waals surface area contributed by atoms with Crippen LogP contribution in [0.2, 0.25) is 5.28 Å². The third-order valence-electron chi connectivity index (χ3n) is 7.66. The minimum atomic E-state index is -5.53. The van der Waals surface area contributed by atoms with Crippen molar-refractivity contribution >= 4 is 133 Å². The predicted octanol–water partition coefficient (Wildman–Crippen LogP) is -12.2. The van der Waals surface area contributed by atoms with E-state index in [-0.39, 0.29) is 211 Å². The molecule has 0 saturated carbocycles. The summed E-state index contributed by atoms with van der Waals surface area (Å²) in [6.07, 6.45) is 0. The summed E-state index contributed by atoms with van der Waals surface area (Å²) in [5, 5.41) is 58.0. The summed E-state index contributed by atoms with van der Waals surface area (Å²) >= 11 is 5.91. The topological polar surface area (TPSA) is 447 Å². The van der Waals surface area contributed by atoms with E-state index in [0.29, 0.717) is 6.07 Å². The first-order valence-electron chi connectivity index (χ1n) is 16.5. The number of azo groups is 2. The molecule has 42 heteroatoms. The molecule has 5 aromatic rings. The molecule has 0 atom stereocenters. The number of nitrogens with zero attached hydrogens (tertiary/aromatic N) is 8. The summed E-state index contributed by atoms with van der Waals surface area (Å²) < 4.78 is 147. The molecule has 0 spiro atoms. The van der Waals surface area contributed by atoms with E-state index in [1.165, 1.54) is 0 Å². The van der Waals surface area contributed by atoms with Gasteiger partial charge in [-0.1, -0.05) is 5.43 Å². The number of hydrogen-bond acceptors (Lipinski definition) is 31. The SMILES string of the molecule is [C-]#[N+]Nc1nc(Cl)nc(Nc2ccc(S(=O)(=O)[O-])c(N=Nc3c(NCS(=O)(=O)[O-])ccc4c(O)c(N=Nc5ccc(S(=O)(=O)CCOSOO[O-])cc5S(=O)(=O)[O-])c(SOO[O-])cc34)c2)n1.[Na+].[Na+].[Na+].[Na+].[Na+]. The summed E-state index contributed by atoms with van der Waals surface area (Å²) in [7, 11) is -20.2. The van der Waals surface area contributed by atoms with Gasteiger partial charge in [0.05, 0.1) is 49.7 Å². The van der Waals surface area contributed by atoms with Gasteiger partial charge in [-0.3, -0.25) is 14.3 Å². The molecule has 1 heterocycles. The van der Waals surface area contributed by atoms with Crippen molar-refractivity contribution < 1.29 is 234 Å². The fraction of sp³-hybridized carbons (Fsp3) is 0.103. The molecule has 4 aromatic carbocycles. The van der Waals surface area contributed by atoms with Crippen LogP contribution in [0.25, 0.3) is 15.7 Å². The summed E-state index contributed by atoms with van der Waals surface area (Å²) in [6.45, 7) is 6.32. The molecular formula is C29H19ClN11Na5O19S6. The van der Waals surface area contributed by atoms with Crippen molar-refractivity contribution in [3.63, 3.8) is 0 Å². The van der Waals surface area contributed by atoms with Crippen molar-refractivity contribution in [2.24, 2.45) is 20.5 Å². The second kappa shape index (κ2) is 31.6. The van der Waals surface area contributed by atoms with Crippen LogP contribution < -0.4 is 174 Å². The van der Waals surface area contributed by atoms with E-state index in [2.05, 4.69) is 79.3 Å². The Balaban J connectivity index is 0.00000980. The van der Waals surface area contributed by atoms with Gasteiger partial charge < -0.3 is 39.9 Å². The van der Waals surface area contributed by atoms with E-state index in [4.69, 9.17) is 18.2 Å². The van der Waals surface area contributed by atoms with Crippen LogP contribution in [0.3, 0.4) is 0 Å². The van der Waals surface area contributed by atoms with Gasteiger partial charge in [0.2, 0.25) is 11.2 Å². The average Bonchev–Trinajstić information content (AvgIpc) is 3.22. The number of hydrogen-bond donors (Lipinski definition) is 4. The Morgan fingerprint density at radius 3 is 1.99 bits per heavy atom. The fourth-order valence-corrected chi connectivity index (χ4v) is 8.76. The number of halogens is 1. The van der Waals surface area contributed by atoms with E-state index < -0.39 is 107 Å². The number of benzene rings is 4. The van der Waals surface area contributed by atoms with Crippen molar-refractivity contribution in [2.75, 3.05) is 34.3 Å². The van der Waals surface area contributed by atoms with E-state index in [0.717, 1.165) is 48.5 Å². The van der Waals surface area contributed by atoms with Gasteiger partial charge in [-0.05, 0) is 66.2 Å². The first-order chi connectivity index (χ1) is 31.0. The number of aromatic nitrogens is 3. The van der Waals surface area contributed by atoms with Crippen LogP contribution in [-0.4, -0.2) is 85.6 Å². The Bertz CT molecular complexity index is 3250. The van der Waals surface area contributed by atoms with Crippen molar-refractivity contribution in [3.8, 4) is 5.75 Å². The van der Waals surface area contributed by atoms with Crippen molar-refractivity contribution in [1.82, 2.24) is 15.0 Å². The molecule has 0 bridgehead atoms. The van der Waals surface area contributed by atoms with Gasteiger partial charge in [-0.15, -0.1) is 24.8 Å². The van der Waals surface area contributed by atoms with Gasteiger partial charge in [0.15, 0.2) is 27.9 Å². The van der Waals surface area contributed by atoms with Crippen LogP contribution in [-0.2, 0) is 63.1 Å². The van der Waals surface area contributed by atoms with Crippen LogP contribution in [0, 0.1) is 6.57 Å². The zero-order chi connectivity index (χ0) is 48.5. The second-order valence-corrected chi connectivity index (χ2v) is 19.6. The average molecular weight is 1170 g/mol. The standard InChI is InChI=1S/C29H24ClN11O19S6.5Na/c1-31-41-29-35-27(30)34-28(36-29)33-14-2-7-22(65(50,51)52)20(10-14)38-39-24-17-12-21(61-59-57-43)25(26(42)16(17)4-6-19(24)32-13-64(47,48)49)40-37-18-5-3-15(11-23(18)66(53,54)55)63(45,46)9-8-56-62-60-58-44;;;;;/h2-7,10-12,32,42-44H,8-9,13H2,(H,47,48,49)(H,50,51,52)(H,53,54,55)(H2,33,34,35,36,41);;;;;/q;5*+1/p-5. The number of aromatic hydroxyl groups is 1. The molecule has 71 heavy (non-hydrogen) atoms. The first-order valence-corrected chi connectivity index (χ1v) is 24.3. The van der Waals surface area contributed by atoms with Crippen molar-refractivity contribution in [1.29, 1.82) is 0 Å². The Morgan fingerprint density at radius 1 is 0.732 bits per heavy atom. The molecule has 0 aliphatic rings. The molecule has 0 unspecified atom stereocenters. The molecule has 0 aliphatic carbocycles. The first kappa shape index (κ1) is 70.4. The number of anilines is 4. The normalized spacial score (nSPS) is 11.6. The maximum Gasteiger partial charge on any atom is 1.00 e. The Morgan fingerprint density at radius 2 is 1.37 bits per heavy atom. The van der Waals surface area contributed by atoms with Crippen molar-refractivity contribution in [2.45, 2.75) is 19.6 Å². The number of rotatable bonds is 22. The maximum absolute atomic E-state index is 12.8. The zero-order valence-electron chi connectivity index (χ0n) is 36.5. The Hall–Kier alpha value is -0.570. The molecular weight excluding hydrogens is 1150 g/mol. The van der Waals surface area contributed by atoms with Crippen LogP contribution >= 0.6 is 36.0 Å². The second-order valence-electron chi connectivity index (χ2n) is 11.8. The zero-order valence-corrected chi connectivity index (χ0v) is 52.2. The Labute approximate surface area is 525 Å². The van der Waals surface area contributed by atoms with E-state index in [1.807, 2.05) is 0 Å². The van der Waals surface area contributed by atoms with Gasteiger partial charge in [-0.25, -0.2) is 33.7 Å². The monoisotopic (exact) mass is 1170 g/mol. The summed E-state index contributed by atoms with van der Waals surface area (Å²) in [5.74, 6) is -3.57. The van der Waals surface area contributed by atoms with Crippen LogP contribution in [0.4, 0.5) is 46.0 Å². The summed E-state index contributed by atoms with van der Waals surface area (Å²) in [5.41, 5.74) is -0.909. The molecule has 0 amide bonds. The quantitative estimate of drug-likeness (QED) is 0.00730. The molecule has 352 valence electrons. The number of nitrogens with one attached hydrogen (secondary N) is 3. The van der Waals surface area contributed by atoms with E-state index in [1.54, 1.807) is 0 Å². The fourth-order valence-electron chi connectivity index (χ4n) is 5.06. The van der Waals surface area contributed by atoms with Gasteiger partial charge in [-0.2, -0.15) is 30.8 Å². The molecule has 0 saturated heterocycles. The number of phenols is 1. The molecule has 0 aliphatic heterocycles. The minimum absolute atomic E-state index is 0. The smallest absolute Gasteiger partial charge is 0.747 e. The molecule has 30 nitrogen and oxygen atoms in total. The van der Waals surface area contributed by atoms with Crippen LogP contribution in [0.15, 0.2) is 94.6 Å². The molecule has 4 N–H and O–H groups in total. The summed E-state index contributed by atoms with van der Waals surface area (Å²) in [6, 6.07) is 8.05. The number of fused-ring (bicyclic) bond motifs is 1. The number of phenolic OH excluding ortho intramolecular Hbond substituents is 1. The van der Waals surface area contributed by atoms with Gasteiger partial charge >= 0.3 is 148 Å². The van der Waals surface area contributed by atoms with Gasteiger partial charge in [0, 0.05) is 16.5 Å². The van der Waals surface area contributed by atoms with E-state index in [9.17, 15) is 63.0 Å². The van der Waals surface area contributed by atoms with E-state index >= 15 is 0 Å². The van der Waals surface area contributed by atoms with Crippen LogP contribution in [0.5, 0.6) is 5.75 Å². The molecule has 0 radical (unpaired) electrons. The Kier molecular flexibility index (Phi) is 31.3.